The molecule has 1 N–H and O–H groups in total. The monoisotopic (exact) mass is 342 g/mol. The van der Waals surface area contributed by atoms with Gasteiger partial charge in [0.25, 0.3) is 5.91 Å². The smallest absolute Gasteiger partial charge is 0.275 e. The molecule has 0 unspecified atom stereocenters. The average molecular weight is 343 g/mol. The van der Waals surface area contributed by atoms with Crippen LogP contribution in [0.4, 0.5) is 0 Å². The predicted molar refractivity (Wildman–Crippen MR) is 93.7 cm³/mol. The van der Waals surface area contributed by atoms with E-state index in [1.165, 1.54) is 0 Å². The van der Waals surface area contributed by atoms with Crippen molar-refractivity contribution in [3.8, 4) is 11.5 Å². The van der Waals surface area contributed by atoms with Gasteiger partial charge in [0.15, 0.2) is 11.5 Å². The number of amidine groups is 1. The molecule has 3 rings (SSSR count). The van der Waals surface area contributed by atoms with Crippen molar-refractivity contribution in [3.63, 3.8) is 0 Å². The molecule has 0 radical (unpaired) electrons. The lowest BCUT2D eigenvalue weighted by atomic mass is 10.2. The first-order valence-corrected chi connectivity index (χ1v) is 7.58. The van der Waals surface area contributed by atoms with E-state index in [2.05, 4.69) is 10.3 Å². The molecule has 1 aliphatic heterocycles. The van der Waals surface area contributed by atoms with E-state index in [4.69, 9.17) is 21.1 Å². The molecule has 0 aromatic heterocycles. The van der Waals surface area contributed by atoms with Gasteiger partial charge in [-0.3, -0.25) is 4.79 Å². The van der Waals surface area contributed by atoms with Crippen LogP contribution in [0.25, 0.3) is 6.08 Å². The zero-order valence-electron chi connectivity index (χ0n) is 13.2. The van der Waals surface area contributed by atoms with Gasteiger partial charge >= 0.3 is 0 Å². The van der Waals surface area contributed by atoms with Gasteiger partial charge < -0.3 is 14.8 Å². The summed E-state index contributed by atoms with van der Waals surface area (Å²) in [5, 5.41) is 3.36. The van der Waals surface area contributed by atoms with Gasteiger partial charge in [-0.2, -0.15) is 0 Å². The molecule has 0 saturated heterocycles. The second-order valence-electron chi connectivity index (χ2n) is 5.07. The minimum atomic E-state index is -0.264. The predicted octanol–water partition coefficient (Wildman–Crippen LogP) is 3.27. The largest absolute Gasteiger partial charge is 0.493 e. The Morgan fingerprint density at radius 3 is 2.58 bits per heavy atom. The number of hydrogen-bond donors (Lipinski definition) is 1. The molecule has 0 atom stereocenters. The fourth-order valence-corrected chi connectivity index (χ4v) is 2.54. The average Bonchev–Trinajstić information content (AvgIpc) is 2.95. The van der Waals surface area contributed by atoms with Crippen LogP contribution in [0.5, 0.6) is 11.5 Å². The third kappa shape index (κ3) is 3.26. The molecule has 2 aromatic carbocycles. The van der Waals surface area contributed by atoms with Gasteiger partial charge in [-0.05, 0) is 42.0 Å². The Kier molecular flexibility index (Phi) is 4.53. The van der Waals surface area contributed by atoms with Gasteiger partial charge in [-0.25, -0.2) is 4.99 Å². The van der Waals surface area contributed by atoms with Crippen LogP contribution >= 0.6 is 11.6 Å². The summed E-state index contributed by atoms with van der Waals surface area (Å²) >= 11 is 5.96. The number of halogens is 1. The first kappa shape index (κ1) is 16.1. The van der Waals surface area contributed by atoms with Crippen LogP contribution in [0.3, 0.4) is 0 Å². The van der Waals surface area contributed by atoms with Gasteiger partial charge in [0, 0.05) is 10.6 Å². The second-order valence-corrected chi connectivity index (χ2v) is 5.51. The van der Waals surface area contributed by atoms with E-state index in [0.717, 1.165) is 11.1 Å². The van der Waals surface area contributed by atoms with E-state index < -0.39 is 0 Å². The summed E-state index contributed by atoms with van der Waals surface area (Å²) in [4.78, 5) is 16.5. The Bertz CT molecular complexity index is 859. The van der Waals surface area contributed by atoms with Crippen molar-refractivity contribution in [2.75, 3.05) is 14.2 Å². The summed E-state index contributed by atoms with van der Waals surface area (Å²) in [6, 6.07) is 12.6. The van der Waals surface area contributed by atoms with Crippen molar-refractivity contribution in [3.05, 3.63) is 64.3 Å². The minimum Gasteiger partial charge on any atom is -0.493 e. The molecule has 6 heteroatoms. The van der Waals surface area contributed by atoms with Crippen LogP contribution in [-0.2, 0) is 4.79 Å². The number of carbonyl (C=O) groups is 1. The lowest BCUT2D eigenvalue weighted by Gasteiger charge is -2.09. The summed E-state index contributed by atoms with van der Waals surface area (Å²) in [7, 11) is 3.12. The molecule has 1 amide bonds. The van der Waals surface area contributed by atoms with Crippen molar-refractivity contribution in [2.45, 2.75) is 0 Å². The molecular weight excluding hydrogens is 328 g/mol. The quantitative estimate of drug-likeness (QED) is 0.867. The maximum absolute atomic E-state index is 12.1. The molecule has 5 nitrogen and oxygen atoms in total. The summed E-state index contributed by atoms with van der Waals surface area (Å²) < 4.78 is 10.5. The van der Waals surface area contributed by atoms with E-state index in [1.807, 2.05) is 18.2 Å². The van der Waals surface area contributed by atoms with Gasteiger partial charge in [0.05, 0.1) is 14.2 Å². The summed E-state index contributed by atoms with van der Waals surface area (Å²) in [6.07, 6.45) is 1.69. The number of rotatable bonds is 4. The Balaban J connectivity index is 1.94. The number of carbonyl (C=O) groups excluding carboxylic acids is 1. The van der Waals surface area contributed by atoms with Gasteiger partial charge in [-0.15, -0.1) is 0 Å². The Labute approximate surface area is 144 Å². The van der Waals surface area contributed by atoms with Crippen LogP contribution in [0.15, 0.2) is 53.2 Å². The number of benzene rings is 2. The zero-order valence-corrected chi connectivity index (χ0v) is 13.9. The second kappa shape index (κ2) is 6.76. The fourth-order valence-electron chi connectivity index (χ4n) is 2.34. The van der Waals surface area contributed by atoms with E-state index in [0.29, 0.717) is 28.1 Å². The van der Waals surface area contributed by atoms with E-state index in [1.54, 1.807) is 44.6 Å². The SMILES string of the molecule is COc1ccc(C2=N/C(=C/c3cccc(Cl)c3)C(=O)N2)cc1OC. The molecule has 1 aliphatic rings. The van der Waals surface area contributed by atoms with Gasteiger partial charge in [-0.1, -0.05) is 23.7 Å². The van der Waals surface area contributed by atoms with Crippen LogP contribution in [0, 0.1) is 0 Å². The highest BCUT2D eigenvalue weighted by Gasteiger charge is 2.22. The molecule has 0 aliphatic carbocycles. The maximum Gasteiger partial charge on any atom is 0.275 e. The number of ether oxygens (including phenoxy) is 2. The van der Waals surface area contributed by atoms with Crippen LogP contribution < -0.4 is 14.8 Å². The van der Waals surface area contributed by atoms with Crippen LogP contribution in [0.2, 0.25) is 5.02 Å². The standard InChI is InChI=1S/C18H15ClN2O3/c1-23-15-7-6-12(10-16(15)24-2)17-20-14(18(22)21-17)9-11-4-3-5-13(19)8-11/h3-10H,1-2H3,(H,20,21,22)/b14-9+. The van der Waals surface area contributed by atoms with Crippen molar-refractivity contribution in [1.29, 1.82) is 0 Å². The highest BCUT2D eigenvalue weighted by molar-refractivity contribution is 6.30. The molecule has 0 saturated carbocycles. The van der Waals surface area contributed by atoms with E-state index >= 15 is 0 Å². The molecule has 1 heterocycles. The number of nitrogens with zero attached hydrogens (tertiary/aromatic N) is 1. The number of hydrogen-bond acceptors (Lipinski definition) is 4. The number of aliphatic imine (C=N–C) groups is 1. The highest BCUT2D eigenvalue weighted by Crippen LogP contribution is 2.28. The zero-order chi connectivity index (χ0) is 17.1. The lowest BCUT2D eigenvalue weighted by Crippen LogP contribution is -2.24. The molecule has 2 aromatic rings. The topological polar surface area (TPSA) is 59.9 Å². The molecule has 24 heavy (non-hydrogen) atoms. The minimum absolute atomic E-state index is 0.264. The summed E-state index contributed by atoms with van der Waals surface area (Å²) in [6.45, 7) is 0. The number of amides is 1. The molecule has 0 fully saturated rings. The maximum atomic E-state index is 12.1. The highest BCUT2D eigenvalue weighted by atomic mass is 35.5. The van der Waals surface area contributed by atoms with Crippen molar-refractivity contribution >= 4 is 29.4 Å². The summed E-state index contributed by atoms with van der Waals surface area (Å²) in [5.41, 5.74) is 1.86. The van der Waals surface area contributed by atoms with Crippen molar-refractivity contribution in [1.82, 2.24) is 5.32 Å². The molecule has 122 valence electrons. The van der Waals surface area contributed by atoms with Crippen LogP contribution in [-0.4, -0.2) is 26.0 Å². The van der Waals surface area contributed by atoms with Crippen LogP contribution in [0.1, 0.15) is 11.1 Å². The fraction of sp³-hybridized carbons (Fsp3) is 0.111. The van der Waals surface area contributed by atoms with Crippen molar-refractivity contribution in [2.24, 2.45) is 4.99 Å². The first-order chi connectivity index (χ1) is 11.6. The third-order valence-corrected chi connectivity index (χ3v) is 3.74. The number of nitrogens with one attached hydrogen (secondary N) is 1. The van der Waals surface area contributed by atoms with Gasteiger partial charge in [0.2, 0.25) is 0 Å². The number of methoxy groups -OCH3 is 2. The van der Waals surface area contributed by atoms with Gasteiger partial charge in [0.1, 0.15) is 11.5 Å². The van der Waals surface area contributed by atoms with Crippen molar-refractivity contribution < 1.29 is 14.3 Å². The van der Waals surface area contributed by atoms with E-state index in [9.17, 15) is 4.79 Å². The molecule has 0 spiro atoms. The Morgan fingerprint density at radius 1 is 1.08 bits per heavy atom. The third-order valence-electron chi connectivity index (χ3n) is 3.51. The molecular formula is C18H15ClN2O3. The Hall–Kier alpha value is -2.79. The van der Waals surface area contributed by atoms with E-state index in [-0.39, 0.29) is 5.91 Å². The lowest BCUT2D eigenvalue weighted by molar-refractivity contribution is -0.115. The first-order valence-electron chi connectivity index (χ1n) is 7.20. The molecule has 0 bridgehead atoms. The summed E-state index contributed by atoms with van der Waals surface area (Å²) in [5.74, 6) is 1.38. The normalized spacial score (nSPS) is 15.2. The Morgan fingerprint density at radius 2 is 1.88 bits per heavy atom.